The molecule has 0 N–H and O–H groups in total. The van der Waals surface area contributed by atoms with Crippen LogP contribution in [0.4, 0.5) is 0 Å². The van der Waals surface area contributed by atoms with Crippen LogP contribution in [0.25, 0.3) is 132 Å². The van der Waals surface area contributed by atoms with Crippen molar-refractivity contribution in [3.8, 4) is 22.8 Å². The normalized spacial score (nSPS) is 11.8. The van der Waals surface area contributed by atoms with E-state index in [4.69, 9.17) is 15.0 Å². The van der Waals surface area contributed by atoms with E-state index >= 15 is 0 Å². The Morgan fingerprint density at radius 2 is 0.721 bits per heavy atom. The van der Waals surface area contributed by atoms with Gasteiger partial charge in [0.25, 0.3) is 0 Å². The van der Waals surface area contributed by atoms with Gasteiger partial charge in [-0.2, -0.15) is 0 Å². The predicted molar refractivity (Wildman–Crippen MR) is 285 cm³/mol. The molecule has 0 fully saturated rings. The van der Waals surface area contributed by atoms with E-state index < -0.39 is 0 Å². The van der Waals surface area contributed by atoms with Crippen molar-refractivity contribution in [2.24, 2.45) is 0 Å². The van der Waals surface area contributed by atoms with E-state index in [0.717, 1.165) is 81.8 Å². The Hall–Kier alpha value is -9.19. The highest BCUT2D eigenvalue weighted by Gasteiger charge is 2.19. The summed E-state index contributed by atoms with van der Waals surface area (Å²) >= 11 is 0. The zero-order chi connectivity index (χ0) is 44.7. The maximum Gasteiger partial charge on any atom is 0.164 e. The molecule has 0 radical (unpaired) electrons. The highest BCUT2D eigenvalue weighted by Crippen LogP contribution is 2.41. The fraction of sp³-hybridized carbons (Fsp3) is 0. The molecule has 0 unspecified atom stereocenters. The lowest BCUT2D eigenvalue weighted by atomic mass is 10.0. The first kappa shape index (κ1) is 38.1. The minimum absolute atomic E-state index is 0.627. The van der Waals surface area contributed by atoms with Gasteiger partial charge in [-0.05, 0) is 110 Å². The lowest BCUT2D eigenvalue weighted by molar-refractivity contribution is 1.16. The van der Waals surface area contributed by atoms with Crippen LogP contribution in [0.5, 0.6) is 0 Å². The number of rotatable bonds is 3. The molecule has 14 rings (SSSR count). The zero-order valence-electron chi connectivity index (χ0n) is 36.8. The molecule has 4 heterocycles. The molecular formula is C63H39N5. The van der Waals surface area contributed by atoms with Gasteiger partial charge >= 0.3 is 0 Å². The fourth-order valence-corrected chi connectivity index (χ4v) is 10.5. The molecule has 68 heavy (non-hydrogen) atoms. The van der Waals surface area contributed by atoms with Crippen molar-refractivity contribution in [2.75, 3.05) is 0 Å². The summed E-state index contributed by atoms with van der Waals surface area (Å²) in [6.07, 6.45) is 0. The van der Waals surface area contributed by atoms with Gasteiger partial charge in [-0.3, -0.25) is 0 Å². The number of hydrogen-bond acceptors (Lipinski definition) is 3. The molecule has 0 spiro atoms. The van der Waals surface area contributed by atoms with Gasteiger partial charge in [-0.15, -0.1) is 0 Å². The predicted octanol–water partition coefficient (Wildman–Crippen LogP) is 16.3. The highest BCUT2D eigenvalue weighted by molar-refractivity contribution is 6.22. The Balaban J connectivity index is 1.15. The first-order chi connectivity index (χ1) is 33.7. The quantitative estimate of drug-likeness (QED) is 0.178. The number of nitrogens with zero attached hydrogens (tertiary/aromatic N) is 5. The van der Waals surface area contributed by atoms with Gasteiger partial charge in [0, 0.05) is 54.6 Å². The molecule has 14 aromatic rings. The van der Waals surface area contributed by atoms with Gasteiger partial charge in [-0.25, -0.2) is 15.0 Å². The number of benzene rings is 10. The third-order valence-corrected chi connectivity index (χ3v) is 13.6. The average molecular weight is 866 g/mol. The standard InChI is InChI=1S/C63H39N5/c1-3-15-40(16-4-1)61-64-62-47-23-13-19-43(35-47)41-17-11-21-45(33-41)49-37-55(46-22-12-18-42(34-46)44-20-14-24-48(36-44)63(65-61)66-62)60-56(38-49)54-32-31-51(39-59(54)68(60)50-25-5-2-6-26-50)67-57-29-9-7-27-52(57)53-28-8-10-30-58(53)67/h1-39H. The van der Waals surface area contributed by atoms with Gasteiger partial charge < -0.3 is 9.13 Å². The topological polar surface area (TPSA) is 48.5 Å². The summed E-state index contributed by atoms with van der Waals surface area (Å²) < 4.78 is 4.89. The second kappa shape index (κ2) is 15.2. The first-order valence-corrected chi connectivity index (χ1v) is 23.1. The summed E-state index contributed by atoms with van der Waals surface area (Å²) in [5.74, 6) is 0.637. The van der Waals surface area contributed by atoms with Crippen molar-refractivity contribution in [3.05, 3.63) is 237 Å². The van der Waals surface area contributed by atoms with Gasteiger partial charge in [-0.1, -0.05) is 164 Å². The van der Waals surface area contributed by atoms with Crippen molar-refractivity contribution in [3.63, 3.8) is 0 Å². The van der Waals surface area contributed by atoms with Gasteiger partial charge in [0.1, 0.15) is 0 Å². The monoisotopic (exact) mass is 865 g/mol. The van der Waals surface area contributed by atoms with E-state index in [9.17, 15) is 0 Å². The van der Waals surface area contributed by atoms with Crippen LogP contribution in [-0.2, 0) is 0 Å². The maximum atomic E-state index is 5.17. The Kier molecular flexibility index (Phi) is 8.52. The van der Waals surface area contributed by atoms with Crippen LogP contribution in [0.15, 0.2) is 237 Å². The summed E-state index contributed by atoms with van der Waals surface area (Å²) in [6.45, 7) is 0. The summed E-state index contributed by atoms with van der Waals surface area (Å²) in [6, 6.07) is 85.4. The molecule has 5 heteroatoms. The SMILES string of the molecule is c1ccc(-c2nc3nc(n2)c2cccc(c2)c2cccc(c2)c2cc(cc4c5ccc(-n6c7ccccc7c7ccccc76)cc5n(-c5ccccc5)c24)c2cccc(c2)c2cccc3c2)cc1. The van der Waals surface area contributed by atoms with E-state index in [1.807, 2.05) is 18.2 Å². The minimum Gasteiger partial charge on any atom is -0.309 e. The van der Waals surface area contributed by atoms with Crippen LogP contribution >= 0.6 is 0 Å². The maximum absolute atomic E-state index is 5.17. The molecule has 316 valence electrons. The van der Waals surface area contributed by atoms with Crippen molar-refractivity contribution in [1.82, 2.24) is 24.1 Å². The van der Waals surface area contributed by atoms with E-state index in [-0.39, 0.29) is 0 Å². The summed E-state index contributed by atoms with van der Waals surface area (Å²) in [5, 5.41) is 15.7. The average Bonchev–Trinajstić information content (AvgIpc) is 3.93. The molecule has 0 aliphatic heterocycles. The van der Waals surface area contributed by atoms with Crippen LogP contribution in [0.3, 0.4) is 0 Å². The van der Waals surface area contributed by atoms with Crippen molar-refractivity contribution in [1.29, 1.82) is 0 Å². The van der Waals surface area contributed by atoms with E-state index in [2.05, 4.69) is 228 Å². The van der Waals surface area contributed by atoms with Crippen molar-refractivity contribution in [2.45, 2.75) is 0 Å². The summed E-state index contributed by atoms with van der Waals surface area (Å²) in [7, 11) is 0. The summed E-state index contributed by atoms with van der Waals surface area (Å²) in [4.78, 5) is 15.4. The first-order valence-electron chi connectivity index (χ1n) is 23.1. The van der Waals surface area contributed by atoms with Crippen LogP contribution in [0.1, 0.15) is 0 Å². The number of aromatic nitrogens is 5. The fourth-order valence-electron chi connectivity index (χ4n) is 10.5. The largest absolute Gasteiger partial charge is 0.309 e. The Labute approximate surface area is 390 Å². The lowest BCUT2D eigenvalue weighted by Crippen LogP contribution is -1.97. The van der Waals surface area contributed by atoms with Crippen LogP contribution < -0.4 is 0 Å². The molecule has 10 aromatic carbocycles. The molecule has 0 saturated carbocycles. The lowest BCUT2D eigenvalue weighted by Gasteiger charge is -2.12. The third-order valence-electron chi connectivity index (χ3n) is 13.6. The van der Waals surface area contributed by atoms with Crippen LogP contribution in [0.2, 0.25) is 0 Å². The highest BCUT2D eigenvalue weighted by atomic mass is 15.0. The van der Waals surface area contributed by atoms with E-state index in [0.29, 0.717) is 17.1 Å². The zero-order valence-corrected chi connectivity index (χ0v) is 36.8. The number of fused-ring (bicyclic) bond motifs is 25. The van der Waals surface area contributed by atoms with Crippen LogP contribution in [0, 0.1) is 0 Å². The van der Waals surface area contributed by atoms with Crippen LogP contribution in [-0.4, -0.2) is 24.1 Å². The second-order valence-corrected chi connectivity index (χ2v) is 17.7. The molecule has 0 aliphatic rings. The molecule has 12 bridgehead atoms. The Bertz CT molecular complexity index is 4440. The second-order valence-electron chi connectivity index (χ2n) is 17.7. The van der Waals surface area contributed by atoms with E-state index in [1.165, 1.54) is 32.6 Å². The van der Waals surface area contributed by atoms with Gasteiger partial charge in [0.05, 0.1) is 22.1 Å². The number of para-hydroxylation sites is 3. The minimum atomic E-state index is 0.627. The molecule has 0 saturated heterocycles. The Morgan fingerprint density at radius 1 is 0.250 bits per heavy atom. The Morgan fingerprint density at radius 3 is 1.34 bits per heavy atom. The molecular weight excluding hydrogens is 827 g/mol. The molecule has 5 nitrogen and oxygen atoms in total. The molecule has 4 aromatic heterocycles. The van der Waals surface area contributed by atoms with Gasteiger partial charge in [0.2, 0.25) is 0 Å². The van der Waals surface area contributed by atoms with Gasteiger partial charge in [0.15, 0.2) is 17.1 Å². The van der Waals surface area contributed by atoms with Crippen molar-refractivity contribution < 1.29 is 0 Å². The molecule has 0 aliphatic carbocycles. The summed E-state index contributed by atoms with van der Waals surface area (Å²) in [5.41, 5.74) is 9.09. The molecule has 0 atom stereocenters. The van der Waals surface area contributed by atoms with Crippen molar-refractivity contribution >= 4 is 109 Å². The third kappa shape index (κ3) is 6.14. The van der Waals surface area contributed by atoms with E-state index in [1.54, 1.807) is 0 Å². The molecule has 0 amide bonds. The number of hydrogen-bond donors (Lipinski definition) is 0. The smallest absolute Gasteiger partial charge is 0.164 e.